The second-order valence-corrected chi connectivity index (χ2v) is 2.99. The molecule has 0 atom stereocenters. The standard InChI is InChI=1S/C3H4N2.CHCl3/c1-2-5-3-4-1;2-1(3)4/h1-3H,(H,4,5);1H. The molecule has 0 aliphatic carbocycles. The average Bonchev–Trinajstić information content (AvgIpc) is 2.11. The molecule has 5 heteroatoms. The van der Waals surface area contributed by atoms with E-state index >= 15 is 0 Å². The van der Waals surface area contributed by atoms with Crippen LogP contribution >= 0.6 is 34.8 Å². The summed E-state index contributed by atoms with van der Waals surface area (Å²) in [6.07, 6.45) is 5.08. The monoisotopic (exact) mass is 186 g/mol. The topological polar surface area (TPSA) is 28.7 Å². The van der Waals surface area contributed by atoms with Crippen LogP contribution in [0.1, 0.15) is 0 Å². The van der Waals surface area contributed by atoms with Gasteiger partial charge in [-0.2, -0.15) is 0 Å². The van der Waals surface area contributed by atoms with E-state index < -0.39 is 4.30 Å². The van der Waals surface area contributed by atoms with Crippen LogP contribution in [-0.4, -0.2) is 14.3 Å². The van der Waals surface area contributed by atoms with Crippen molar-refractivity contribution in [1.29, 1.82) is 0 Å². The van der Waals surface area contributed by atoms with Gasteiger partial charge in [-0.3, -0.25) is 0 Å². The Morgan fingerprint density at radius 2 is 1.89 bits per heavy atom. The number of H-pyrrole nitrogens is 1. The Labute approximate surface area is 68.1 Å². The lowest BCUT2D eigenvalue weighted by Gasteiger charge is -1.69. The van der Waals surface area contributed by atoms with Crippen LogP contribution < -0.4 is 0 Å². The van der Waals surface area contributed by atoms with Gasteiger partial charge in [-0.15, -0.1) is 0 Å². The number of nitrogens with one attached hydrogen (secondary N) is 1. The summed E-state index contributed by atoms with van der Waals surface area (Å²) in [5.74, 6) is 0. The fraction of sp³-hybridized carbons (Fsp3) is 0.250. The first-order chi connectivity index (χ1) is 4.23. The third kappa shape index (κ3) is 11.6. The summed E-state index contributed by atoms with van der Waals surface area (Å²) in [7, 11) is 0. The number of hydrogen-bond acceptors (Lipinski definition) is 1. The number of hydrogen-bond donors (Lipinski definition) is 1. The number of aromatic amines is 1. The van der Waals surface area contributed by atoms with Crippen LogP contribution in [0.25, 0.3) is 0 Å². The normalized spacial score (nSPS) is 8.44. The van der Waals surface area contributed by atoms with E-state index in [1.54, 1.807) is 18.7 Å². The van der Waals surface area contributed by atoms with Crippen LogP contribution in [0, 0.1) is 0 Å². The van der Waals surface area contributed by atoms with Crippen molar-refractivity contribution in [3.63, 3.8) is 0 Å². The van der Waals surface area contributed by atoms with Crippen LogP contribution in [0.3, 0.4) is 0 Å². The first-order valence-corrected chi connectivity index (χ1v) is 3.39. The number of imidazole rings is 1. The molecule has 1 heterocycles. The molecule has 0 radical (unpaired) electrons. The van der Waals surface area contributed by atoms with Gasteiger partial charge in [0.05, 0.1) is 6.33 Å². The molecule has 1 aromatic heterocycles. The first-order valence-electron chi connectivity index (χ1n) is 2.08. The molecule has 0 unspecified atom stereocenters. The largest absolute Gasteiger partial charge is 0.351 e. The van der Waals surface area contributed by atoms with Gasteiger partial charge < -0.3 is 4.98 Å². The SMILES string of the molecule is ClC(Cl)Cl.c1c[nH]cn1. The zero-order valence-corrected chi connectivity index (χ0v) is 6.66. The molecule has 52 valence electrons. The van der Waals surface area contributed by atoms with E-state index in [0.717, 1.165) is 0 Å². The fourth-order valence-corrected chi connectivity index (χ4v) is 0.215. The van der Waals surface area contributed by atoms with Crippen LogP contribution in [0.2, 0.25) is 0 Å². The van der Waals surface area contributed by atoms with Crippen molar-refractivity contribution in [1.82, 2.24) is 9.97 Å². The molecule has 9 heavy (non-hydrogen) atoms. The van der Waals surface area contributed by atoms with Gasteiger partial charge in [0.25, 0.3) is 0 Å². The molecule has 0 aliphatic heterocycles. The predicted octanol–water partition coefficient (Wildman–Crippen LogP) is 2.40. The molecule has 0 saturated carbocycles. The second-order valence-electron chi connectivity index (χ2n) is 1.01. The summed E-state index contributed by atoms with van der Waals surface area (Å²) in [6.45, 7) is 0. The van der Waals surface area contributed by atoms with E-state index in [2.05, 4.69) is 9.97 Å². The van der Waals surface area contributed by atoms with Gasteiger partial charge in [-0.1, -0.05) is 34.8 Å². The highest BCUT2D eigenvalue weighted by Gasteiger charge is 1.78. The summed E-state index contributed by atoms with van der Waals surface area (Å²) >= 11 is 14.4. The maximum absolute atomic E-state index is 4.81. The third-order valence-corrected chi connectivity index (χ3v) is 0.406. The second kappa shape index (κ2) is 6.20. The number of halogens is 3. The fourth-order valence-electron chi connectivity index (χ4n) is 0.215. The molecular weight excluding hydrogens is 182 g/mol. The minimum absolute atomic E-state index is 0.750. The number of alkyl halides is 3. The molecule has 0 amide bonds. The van der Waals surface area contributed by atoms with Crippen LogP contribution in [0.15, 0.2) is 18.7 Å². The average molecular weight is 187 g/mol. The molecule has 0 saturated heterocycles. The highest BCUT2D eigenvalue weighted by Crippen LogP contribution is 2.03. The Hall–Kier alpha value is 0.0800. The summed E-state index contributed by atoms with van der Waals surface area (Å²) < 4.78 is -0.750. The van der Waals surface area contributed by atoms with E-state index in [4.69, 9.17) is 34.8 Å². The van der Waals surface area contributed by atoms with Gasteiger partial charge in [0.15, 0.2) is 4.30 Å². The van der Waals surface area contributed by atoms with E-state index in [0.29, 0.717) is 0 Å². The Morgan fingerprint density at radius 1 is 1.33 bits per heavy atom. The molecule has 1 rings (SSSR count). The summed E-state index contributed by atoms with van der Waals surface area (Å²) in [5, 5.41) is 0. The van der Waals surface area contributed by atoms with Crippen LogP contribution in [0.5, 0.6) is 0 Å². The third-order valence-electron chi connectivity index (χ3n) is 0.406. The van der Waals surface area contributed by atoms with Crippen molar-refractivity contribution >= 4 is 34.8 Å². The molecule has 0 spiro atoms. The molecule has 0 bridgehead atoms. The first kappa shape index (κ1) is 9.08. The molecule has 1 N–H and O–H groups in total. The molecule has 2 nitrogen and oxygen atoms in total. The number of rotatable bonds is 0. The van der Waals surface area contributed by atoms with Crippen molar-refractivity contribution in [2.45, 2.75) is 4.30 Å². The minimum Gasteiger partial charge on any atom is -0.351 e. The van der Waals surface area contributed by atoms with E-state index in [9.17, 15) is 0 Å². The van der Waals surface area contributed by atoms with Gasteiger partial charge in [0.1, 0.15) is 0 Å². The van der Waals surface area contributed by atoms with Crippen LogP contribution in [0.4, 0.5) is 0 Å². The Balaban J connectivity index is 0.000000148. The van der Waals surface area contributed by atoms with E-state index in [1.165, 1.54) is 0 Å². The quantitative estimate of drug-likeness (QED) is 0.621. The van der Waals surface area contributed by atoms with Gasteiger partial charge >= 0.3 is 0 Å². The van der Waals surface area contributed by atoms with E-state index in [1.807, 2.05) is 0 Å². The number of nitrogens with zero attached hydrogens (tertiary/aromatic N) is 1. The zero-order chi connectivity index (χ0) is 7.11. The molecule has 0 aromatic carbocycles. The van der Waals surface area contributed by atoms with Crippen molar-refractivity contribution in [3.05, 3.63) is 18.7 Å². The number of aromatic nitrogens is 2. The molecule has 0 aliphatic rings. The molecule has 0 fully saturated rings. The van der Waals surface area contributed by atoms with E-state index in [-0.39, 0.29) is 0 Å². The maximum Gasteiger partial charge on any atom is 0.180 e. The van der Waals surface area contributed by atoms with Gasteiger partial charge in [-0.05, 0) is 0 Å². The van der Waals surface area contributed by atoms with Crippen molar-refractivity contribution in [2.75, 3.05) is 0 Å². The smallest absolute Gasteiger partial charge is 0.180 e. The Kier molecular flexibility index (Phi) is 6.26. The maximum atomic E-state index is 4.81. The molecule has 1 aromatic rings. The van der Waals surface area contributed by atoms with Crippen molar-refractivity contribution < 1.29 is 0 Å². The summed E-state index contributed by atoms with van der Waals surface area (Å²) in [6, 6.07) is 0. The minimum atomic E-state index is -0.750. The Bertz CT molecular complexity index is 97.4. The zero-order valence-electron chi connectivity index (χ0n) is 4.39. The van der Waals surface area contributed by atoms with Crippen molar-refractivity contribution in [2.24, 2.45) is 0 Å². The van der Waals surface area contributed by atoms with Gasteiger partial charge in [0, 0.05) is 12.4 Å². The van der Waals surface area contributed by atoms with Gasteiger partial charge in [0.2, 0.25) is 0 Å². The lowest BCUT2D eigenvalue weighted by Crippen LogP contribution is -1.55. The summed E-state index contributed by atoms with van der Waals surface area (Å²) in [4.78, 5) is 6.42. The lowest BCUT2D eigenvalue weighted by atomic mass is 11.0. The highest BCUT2D eigenvalue weighted by molar-refractivity contribution is 6.63. The highest BCUT2D eigenvalue weighted by atomic mass is 35.6. The van der Waals surface area contributed by atoms with Crippen LogP contribution in [-0.2, 0) is 0 Å². The Morgan fingerprint density at radius 3 is 2.00 bits per heavy atom. The molecular formula is C4H5Cl3N2. The summed E-state index contributed by atoms with van der Waals surface area (Å²) in [5.41, 5.74) is 0. The van der Waals surface area contributed by atoms with Gasteiger partial charge in [-0.25, -0.2) is 4.98 Å². The predicted molar refractivity (Wildman–Crippen MR) is 39.9 cm³/mol. The lowest BCUT2D eigenvalue weighted by molar-refractivity contribution is 1.31. The van der Waals surface area contributed by atoms with Crippen molar-refractivity contribution in [3.8, 4) is 0 Å².